The van der Waals surface area contributed by atoms with Crippen molar-refractivity contribution in [3.8, 4) is 0 Å². The SMILES string of the molecule is Cc1cccc2ccc3c(c12)CC(Cc1ccccc1)C1=C3C=CCC1. The maximum atomic E-state index is 2.39. The van der Waals surface area contributed by atoms with Crippen molar-refractivity contribution in [1.29, 1.82) is 0 Å². The highest BCUT2D eigenvalue weighted by atomic mass is 14.3. The Morgan fingerprint density at radius 2 is 1.81 bits per heavy atom. The molecule has 0 nitrogen and oxygen atoms in total. The Balaban J connectivity index is 1.69. The number of fused-ring (bicyclic) bond motifs is 4. The molecule has 0 radical (unpaired) electrons. The van der Waals surface area contributed by atoms with Gasteiger partial charge in [-0.2, -0.15) is 0 Å². The molecule has 0 saturated carbocycles. The van der Waals surface area contributed by atoms with Gasteiger partial charge in [0.1, 0.15) is 0 Å². The van der Waals surface area contributed by atoms with Gasteiger partial charge in [-0.15, -0.1) is 0 Å². The topological polar surface area (TPSA) is 0 Å². The molecule has 1 unspecified atom stereocenters. The lowest BCUT2D eigenvalue weighted by molar-refractivity contribution is 0.575. The van der Waals surface area contributed by atoms with Gasteiger partial charge in [0.05, 0.1) is 0 Å². The second-order valence-electron chi connectivity index (χ2n) is 7.74. The van der Waals surface area contributed by atoms with Crippen LogP contribution in [0, 0.1) is 12.8 Å². The Hall–Kier alpha value is -2.60. The van der Waals surface area contributed by atoms with Gasteiger partial charge in [-0.1, -0.05) is 78.4 Å². The van der Waals surface area contributed by atoms with Crippen molar-refractivity contribution in [3.05, 3.63) is 101 Å². The smallest absolute Gasteiger partial charge is 0.0112 e. The van der Waals surface area contributed by atoms with Crippen LogP contribution in [-0.2, 0) is 12.8 Å². The van der Waals surface area contributed by atoms with Gasteiger partial charge >= 0.3 is 0 Å². The number of allylic oxidation sites excluding steroid dienone is 4. The fraction of sp³-hybridized carbons (Fsp3) is 0.231. The van der Waals surface area contributed by atoms with Gasteiger partial charge in [0.2, 0.25) is 0 Å². The van der Waals surface area contributed by atoms with Crippen molar-refractivity contribution >= 4 is 16.3 Å². The molecular formula is C26H24. The van der Waals surface area contributed by atoms with Crippen LogP contribution >= 0.6 is 0 Å². The standard InChI is InChI=1S/C26H24/c1-18-8-7-11-20-14-15-24-23-13-6-5-12-22(23)21(17-25(24)26(18)20)16-19-9-3-2-4-10-19/h2-4,6-11,13-15,21H,5,12,16-17H2,1H3. The summed E-state index contributed by atoms with van der Waals surface area (Å²) in [6.07, 6.45) is 9.46. The molecule has 0 amide bonds. The normalized spacial score (nSPS) is 18.7. The van der Waals surface area contributed by atoms with Crippen LogP contribution < -0.4 is 0 Å². The molecule has 0 N–H and O–H groups in total. The zero-order valence-corrected chi connectivity index (χ0v) is 15.3. The van der Waals surface area contributed by atoms with Gasteiger partial charge < -0.3 is 0 Å². The van der Waals surface area contributed by atoms with Gasteiger partial charge in [-0.05, 0) is 77.1 Å². The van der Waals surface area contributed by atoms with E-state index in [1.807, 2.05) is 0 Å². The first kappa shape index (κ1) is 15.6. The highest BCUT2D eigenvalue weighted by Crippen LogP contribution is 2.44. The predicted molar refractivity (Wildman–Crippen MR) is 111 cm³/mol. The molecule has 0 saturated heterocycles. The Morgan fingerprint density at radius 3 is 2.69 bits per heavy atom. The van der Waals surface area contributed by atoms with Crippen LogP contribution in [0.4, 0.5) is 0 Å². The maximum absolute atomic E-state index is 2.39. The Labute approximate surface area is 155 Å². The van der Waals surface area contributed by atoms with Gasteiger partial charge in [0.25, 0.3) is 0 Å². The molecule has 2 aliphatic carbocycles. The van der Waals surface area contributed by atoms with Crippen molar-refractivity contribution in [2.75, 3.05) is 0 Å². The van der Waals surface area contributed by atoms with Crippen LogP contribution in [-0.4, -0.2) is 0 Å². The lowest BCUT2D eigenvalue weighted by atomic mass is 9.71. The second-order valence-corrected chi connectivity index (χ2v) is 7.74. The average molecular weight is 336 g/mol. The van der Waals surface area contributed by atoms with E-state index in [0.29, 0.717) is 5.92 Å². The summed E-state index contributed by atoms with van der Waals surface area (Å²) in [6.45, 7) is 2.26. The quantitative estimate of drug-likeness (QED) is 0.490. The van der Waals surface area contributed by atoms with Crippen LogP contribution in [0.25, 0.3) is 16.3 Å². The monoisotopic (exact) mass is 336 g/mol. The van der Waals surface area contributed by atoms with Crippen LogP contribution in [0.2, 0.25) is 0 Å². The molecule has 1 atom stereocenters. The number of hydrogen-bond acceptors (Lipinski definition) is 0. The minimum atomic E-state index is 0.620. The van der Waals surface area contributed by atoms with Crippen LogP contribution in [0.5, 0.6) is 0 Å². The largest absolute Gasteiger partial charge is 0.0836 e. The molecule has 0 aromatic heterocycles. The van der Waals surface area contributed by atoms with Crippen LogP contribution in [0.15, 0.2) is 78.4 Å². The van der Waals surface area contributed by atoms with E-state index >= 15 is 0 Å². The molecule has 26 heavy (non-hydrogen) atoms. The van der Waals surface area contributed by atoms with Crippen molar-refractivity contribution < 1.29 is 0 Å². The molecule has 5 rings (SSSR count). The van der Waals surface area contributed by atoms with Gasteiger partial charge in [0.15, 0.2) is 0 Å². The summed E-state index contributed by atoms with van der Waals surface area (Å²) >= 11 is 0. The van der Waals surface area contributed by atoms with Crippen molar-refractivity contribution in [3.63, 3.8) is 0 Å². The molecule has 0 bridgehead atoms. The lowest BCUT2D eigenvalue weighted by Gasteiger charge is -2.33. The molecule has 0 fully saturated rings. The summed E-state index contributed by atoms with van der Waals surface area (Å²) in [5, 5.41) is 2.86. The molecule has 0 aliphatic heterocycles. The highest BCUT2D eigenvalue weighted by Gasteiger charge is 2.28. The van der Waals surface area contributed by atoms with E-state index < -0.39 is 0 Å². The van der Waals surface area contributed by atoms with E-state index in [1.54, 1.807) is 11.1 Å². The van der Waals surface area contributed by atoms with Crippen LogP contribution in [0.1, 0.15) is 35.1 Å². The summed E-state index contributed by atoms with van der Waals surface area (Å²) in [7, 11) is 0. The van der Waals surface area contributed by atoms with E-state index in [1.165, 1.54) is 52.3 Å². The first-order valence-electron chi connectivity index (χ1n) is 9.76. The Bertz CT molecular complexity index is 1030. The highest BCUT2D eigenvalue weighted by molar-refractivity contribution is 5.95. The average Bonchev–Trinajstić information content (AvgIpc) is 2.69. The minimum absolute atomic E-state index is 0.620. The molecule has 2 aliphatic rings. The molecule has 0 heterocycles. The zero-order valence-electron chi connectivity index (χ0n) is 15.3. The predicted octanol–water partition coefficient (Wildman–Crippen LogP) is 6.67. The van der Waals surface area contributed by atoms with Crippen molar-refractivity contribution in [2.45, 2.75) is 32.6 Å². The van der Waals surface area contributed by atoms with E-state index in [2.05, 4.69) is 79.7 Å². The van der Waals surface area contributed by atoms with E-state index in [9.17, 15) is 0 Å². The molecule has 3 aromatic rings. The van der Waals surface area contributed by atoms with E-state index in [4.69, 9.17) is 0 Å². The van der Waals surface area contributed by atoms with Crippen LogP contribution in [0.3, 0.4) is 0 Å². The van der Waals surface area contributed by atoms with Crippen molar-refractivity contribution in [2.24, 2.45) is 5.92 Å². The molecule has 0 heteroatoms. The number of benzene rings is 3. The molecular weight excluding hydrogens is 312 g/mol. The number of hydrogen-bond donors (Lipinski definition) is 0. The molecule has 0 spiro atoms. The molecule has 128 valence electrons. The number of aryl methyl sites for hydroxylation is 1. The third kappa shape index (κ3) is 2.52. The van der Waals surface area contributed by atoms with E-state index in [0.717, 1.165) is 6.42 Å². The van der Waals surface area contributed by atoms with Crippen molar-refractivity contribution in [1.82, 2.24) is 0 Å². The third-order valence-electron chi connectivity index (χ3n) is 6.13. The fourth-order valence-electron chi connectivity index (χ4n) is 4.95. The minimum Gasteiger partial charge on any atom is -0.0836 e. The zero-order chi connectivity index (χ0) is 17.5. The summed E-state index contributed by atoms with van der Waals surface area (Å²) < 4.78 is 0. The third-order valence-corrected chi connectivity index (χ3v) is 6.13. The van der Waals surface area contributed by atoms with Gasteiger partial charge in [-0.25, -0.2) is 0 Å². The first-order chi connectivity index (χ1) is 12.8. The maximum Gasteiger partial charge on any atom is -0.0112 e. The number of rotatable bonds is 2. The fourth-order valence-corrected chi connectivity index (χ4v) is 4.95. The summed E-state index contributed by atoms with van der Waals surface area (Å²) in [5.74, 6) is 0.620. The Morgan fingerprint density at radius 1 is 0.923 bits per heavy atom. The first-order valence-corrected chi connectivity index (χ1v) is 9.76. The summed E-state index contributed by atoms with van der Waals surface area (Å²) in [5.41, 5.74) is 9.08. The Kier molecular flexibility index (Phi) is 3.78. The van der Waals surface area contributed by atoms with E-state index in [-0.39, 0.29) is 0 Å². The lowest BCUT2D eigenvalue weighted by Crippen LogP contribution is -2.20. The summed E-state index contributed by atoms with van der Waals surface area (Å²) in [4.78, 5) is 0. The van der Waals surface area contributed by atoms with Gasteiger partial charge in [0, 0.05) is 0 Å². The van der Waals surface area contributed by atoms with Gasteiger partial charge in [-0.3, -0.25) is 0 Å². The summed E-state index contributed by atoms with van der Waals surface area (Å²) in [6, 6.07) is 22.4. The second kappa shape index (κ2) is 6.29. The molecule has 3 aromatic carbocycles.